The predicted octanol–water partition coefficient (Wildman–Crippen LogP) is 4.05. The van der Waals surface area contributed by atoms with Gasteiger partial charge < -0.3 is 10.6 Å². The van der Waals surface area contributed by atoms with Gasteiger partial charge in [0.05, 0.1) is 4.58 Å². The zero-order chi connectivity index (χ0) is 17.6. The van der Waals surface area contributed by atoms with Gasteiger partial charge in [0.1, 0.15) is 0 Å². The number of nitrogens with one attached hydrogen (secondary N) is 2. The van der Waals surface area contributed by atoms with E-state index in [4.69, 9.17) is 0 Å². The van der Waals surface area contributed by atoms with Crippen molar-refractivity contribution in [2.75, 3.05) is 23.4 Å². The van der Waals surface area contributed by atoms with Gasteiger partial charge in [0.15, 0.2) is 0 Å². The number of anilines is 1. The summed E-state index contributed by atoms with van der Waals surface area (Å²) in [6, 6.07) is 8.08. The monoisotopic (exact) mass is 366 g/mol. The second-order valence-corrected chi connectivity index (χ2v) is 9.58. The van der Waals surface area contributed by atoms with Crippen LogP contribution >= 0.6 is 23.5 Å². The molecule has 6 heteroatoms. The molecule has 0 spiro atoms. The van der Waals surface area contributed by atoms with Gasteiger partial charge in [0.25, 0.3) is 0 Å². The van der Waals surface area contributed by atoms with Gasteiger partial charge in [0.2, 0.25) is 11.8 Å². The van der Waals surface area contributed by atoms with Crippen LogP contribution in [0.15, 0.2) is 24.3 Å². The minimum atomic E-state index is -0.430. The molecule has 1 heterocycles. The molecule has 1 saturated heterocycles. The lowest BCUT2D eigenvalue weighted by Gasteiger charge is -2.21. The molecule has 0 atom stereocenters. The number of thioether (sulfide) groups is 2. The number of rotatable bonds is 5. The number of hydrogen-bond acceptors (Lipinski definition) is 4. The fourth-order valence-corrected chi connectivity index (χ4v) is 5.09. The Bertz CT molecular complexity index is 579. The standard InChI is InChI=1S/C18H26N2O2S2/c1-18(2,3)17(22)19-9-8-15(21)20-14-7-4-6-13(12-14)16-23-10-5-11-24-16/h4,6-7,12,16H,5,8-11H2,1-3H3,(H,19,22)(H,20,21). The summed E-state index contributed by atoms with van der Waals surface area (Å²) >= 11 is 3.93. The van der Waals surface area contributed by atoms with E-state index in [1.165, 1.54) is 23.5 Å². The third-order valence-electron chi connectivity index (χ3n) is 3.59. The van der Waals surface area contributed by atoms with Crippen LogP contribution in [0.25, 0.3) is 0 Å². The zero-order valence-corrected chi connectivity index (χ0v) is 16.2. The van der Waals surface area contributed by atoms with Crippen molar-refractivity contribution in [1.29, 1.82) is 0 Å². The molecule has 24 heavy (non-hydrogen) atoms. The first-order valence-electron chi connectivity index (χ1n) is 8.27. The summed E-state index contributed by atoms with van der Waals surface area (Å²) in [6.07, 6.45) is 1.54. The molecule has 1 aliphatic heterocycles. The molecule has 0 saturated carbocycles. The van der Waals surface area contributed by atoms with E-state index in [2.05, 4.69) is 22.8 Å². The van der Waals surface area contributed by atoms with E-state index in [0.29, 0.717) is 11.1 Å². The molecule has 2 amide bonds. The summed E-state index contributed by atoms with van der Waals surface area (Å²) in [7, 11) is 0. The van der Waals surface area contributed by atoms with Crippen LogP contribution in [0, 0.1) is 5.41 Å². The molecule has 132 valence electrons. The van der Waals surface area contributed by atoms with Crippen molar-refractivity contribution in [3.05, 3.63) is 29.8 Å². The molecule has 0 radical (unpaired) electrons. The number of benzene rings is 1. The molecule has 1 fully saturated rings. The van der Waals surface area contributed by atoms with E-state index in [1.54, 1.807) is 0 Å². The summed E-state index contributed by atoms with van der Waals surface area (Å²) in [5.41, 5.74) is 1.65. The van der Waals surface area contributed by atoms with Gasteiger partial charge in [-0.2, -0.15) is 0 Å². The van der Waals surface area contributed by atoms with Gasteiger partial charge in [-0.15, -0.1) is 23.5 Å². The highest BCUT2D eigenvalue weighted by Crippen LogP contribution is 2.44. The first-order valence-corrected chi connectivity index (χ1v) is 10.4. The Kier molecular flexibility index (Phi) is 7.04. The second kappa shape index (κ2) is 8.81. The van der Waals surface area contributed by atoms with Crippen molar-refractivity contribution in [2.45, 2.75) is 38.2 Å². The van der Waals surface area contributed by atoms with Crippen LogP contribution in [-0.4, -0.2) is 29.9 Å². The van der Waals surface area contributed by atoms with Gasteiger partial charge in [-0.25, -0.2) is 0 Å². The molecule has 1 aromatic rings. The van der Waals surface area contributed by atoms with E-state index in [0.717, 1.165) is 5.69 Å². The normalized spacial score (nSPS) is 15.8. The number of carbonyl (C=O) groups is 2. The highest BCUT2D eigenvalue weighted by atomic mass is 32.2. The van der Waals surface area contributed by atoms with Crippen molar-refractivity contribution in [2.24, 2.45) is 5.41 Å². The lowest BCUT2D eigenvalue weighted by molar-refractivity contribution is -0.128. The minimum Gasteiger partial charge on any atom is -0.355 e. The second-order valence-electron chi connectivity index (χ2n) is 6.86. The highest BCUT2D eigenvalue weighted by Gasteiger charge is 2.20. The largest absolute Gasteiger partial charge is 0.355 e. The minimum absolute atomic E-state index is 0.0383. The Morgan fingerprint density at radius 1 is 1.21 bits per heavy atom. The number of carbonyl (C=O) groups excluding carboxylic acids is 2. The van der Waals surface area contributed by atoms with Crippen LogP contribution in [-0.2, 0) is 9.59 Å². The van der Waals surface area contributed by atoms with Crippen molar-refractivity contribution >= 4 is 41.0 Å². The average Bonchev–Trinajstić information content (AvgIpc) is 2.55. The molecule has 0 aliphatic carbocycles. The van der Waals surface area contributed by atoms with Crippen LogP contribution in [0.2, 0.25) is 0 Å². The zero-order valence-electron chi connectivity index (χ0n) is 14.6. The van der Waals surface area contributed by atoms with E-state index in [9.17, 15) is 9.59 Å². The predicted molar refractivity (Wildman–Crippen MR) is 104 cm³/mol. The first kappa shape index (κ1) is 19.2. The quantitative estimate of drug-likeness (QED) is 0.825. The van der Waals surface area contributed by atoms with E-state index in [1.807, 2.05) is 56.4 Å². The Hall–Kier alpha value is -1.14. The Balaban J connectivity index is 1.82. The van der Waals surface area contributed by atoms with Crippen molar-refractivity contribution in [3.63, 3.8) is 0 Å². The maximum Gasteiger partial charge on any atom is 0.226 e. The maximum absolute atomic E-state index is 12.1. The molecule has 1 aliphatic rings. The summed E-state index contributed by atoms with van der Waals surface area (Å²) in [5, 5.41) is 5.72. The topological polar surface area (TPSA) is 58.2 Å². The van der Waals surface area contributed by atoms with Crippen LogP contribution in [0.5, 0.6) is 0 Å². The number of hydrogen-bond donors (Lipinski definition) is 2. The van der Waals surface area contributed by atoms with E-state index < -0.39 is 5.41 Å². The van der Waals surface area contributed by atoms with E-state index in [-0.39, 0.29) is 18.2 Å². The summed E-state index contributed by atoms with van der Waals surface area (Å²) in [4.78, 5) is 23.8. The molecule has 0 bridgehead atoms. The Morgan fingerprint density at radius 2 is 1.92 bits per heavy atom. The first-order chi connectivity index (χ1) is 11.4. The summed E-state index contributed by atoms with van der Waals surface area (Å²) in [5.74, 6) is 2.28. The van der Waals surface area contributed by atoms with Crippen molar-refractivity contribution in [3.8, 4) is 0 Å². The summed E-state index contributed by atoms with van der Waals surface area (Å²) in [6.45, 7) is 5.93. The molecule has 2 rings (SSSR count). The lowest BCUT2D eigenvalue weighted by Crippen LogP contribution is -2.36. The van der Waals surface area contributed by atoms with Crippen LogP contribution in [0.4, 0.5) is 5.69 Å². The third-order valence-corrected chi connectivity index (χ3v) is 6.60. The van der Waals surface area contributed by atoms with Crippen LogP contribution < -0.4 is 10.6 Å². The molecular weight excluding hydrogens is 340 g/mol. The highest BCUT2D eigenvalue weighted by molar-refractivity contribution is 8.16. The molecule has 0 aromatic heterocycles. The molecular formula is C18H26N2O2S2. The Labute approximate surface area is 152 Å². The smallest absolute Gasteiger partial charge is 0.226 e. The lowest BCUT2D eigenvalue weighted by atomic mass is 9.96. The molecule has 1 aromatic carbocycles. The van der Waals surface area contributed by atoms with E-state index >= 15 is 0 Å². The van der Waals surface area contributed by atoms with Gasteiger partial charge in [0, 0.05) is 24.1 Å². The SMILES string of the molecule is CC(C)(C)C(=O)NCCC(=O)Nc1cccc(C2SCCCS2)c1. The maximum atomic E-state index is 12.1. The molecule has 0 unspecified atom stereocenters. The average molecular weight is 367 g/mol. The molecule has 2 N–H and O–H groups in total. The summed E-state index contributed by atoms with van der Waals surface area (Å²) < 4.78 is 0.460. The fourth-order valence-electron chi connectivity index (χ4n) is 2.22. The van der Waals surface area contributed by atoms with Crippen molar-refractivity contribution < 1.29 is 9.59 Å². The number of amides is 2. The Morgan fingerprint density at radius 3 is 2.58 bits per heavy atom. The van der Waals surface area contributed by atoms with Crippen LogP contribution in [0.1, 0.15) is 43.8 Å². The van der Waals surface area contributed by atoms with Gasteiger partial charge >= 0.3 is 0 Å². The molecule has 4 nitrogen and oxygen atoms in total. The third kappa shape index (κ3) is 6.06. The van der Waals surface area contributed by atoms with Crippen molar-refractivity contribution in [1.82, 2.24) is 5.32 Å². The fraction of sp³-hybridized carbons (Fsp3) is 0.556. The van der Waals surface area contributed by atoms with Gasteiger partial charge in [-0.1, -0.05) is 32.9 Å². The van der Waals surface area contributed by atoms with Gasteiger partial charge in [-0.3, -0.25) is 9.59 Å². The van der Waals surface area contributed by atoms with Gasteiger partial charge in [-0.05, 0) is 35.6 Å². The van der Waals surface area contributed by atoms with Crippen LogP contribution in [0.3, 0.4) is 0 Å².